The summed E-state index contributed by atoms with van der Waals surface area (Å²) in [6.45, 7) is 2.02. The number of H-pyrrole nitrogens is 1. The molecule has 0 saturated carbocycles. The molecule has 1 unspecified atom stereocenters. The van der Waals surface area contributed by atoms with Crippen LogP contribution in [0.25, 0.3) is 11.1 Å². The molecule has 1 atom stereocenters. The molecule has 20 heavy (non-hydrogen) atoms. The van der Waals surface area contributed by atoms with Crippen LogP contribution in [0.15, 0.2) is 51.7 Å². The van der Waals surface area contributed by atoms with Gasteiger partial charge in [0.2, 0.25) is 0 Å². The highest BCUT2D eigenvalue weighted by molar-refractivity contribution is 5.72. The normalized spacial score (nSPS) is 12.7. The fourth-order valence-corrected chi connectivity index (χ4v) is 2.33. The molecule has 4 heteroatoms. The molecule has 3 aromatic rings. The van der Waals surface area contributed by atoms with Crippen molar-refractivity contribution >= 4 is 11.1 Å². The van der Waals surface area contributed by atoms with Crippen molar-refractivity contribution in [3.8, 4) is 0 Å². The summed E-state index contributed by atoms with van der Waals surface area (Å²) in [5.74, 6) is -0.481. The van der Waals surface area contributed by atoms with Crippen molar-refractivity contribution in [1.82, 2.24) is 4.98 Å². The van der Waals surface area contributed by atoms with E-state index in [1.807, 2.05) is 31.2 Å². The molecule has 102 valence electrons. The van der Waals surface area contributed by atoms with Gasteiger partial charge in [0.1, 0.15) is 0 Å². The monoisotopic (exact) mass is 269 g/mol. The van der Waals surface area contributed by atoms with Gasteiger partial charge in [-0.25, -0.2) is 4.79 Å². The van der Waals surface area contributed by atoms with Crippen LogP contribution in [-0.2, 0) is 6.42 Å². The number of hydrogen-bond donors (Lipinski definition) is 2. The fourth-order valence-electron chi connectivity index (χ4n) is 2.33. The maximum atomic E-state index is 11.1. The van der Waals surface area contributed by atoms with E-state index in [9.17, 15) is 9.90 Å². The lowest BCUT2D eigenvalue weighted by Gasteiger charge is -2.12. The second-order valence-electron chi connectivity index (χ2n) is 4.92. The highest BCUT2D eigenvalue weighted by atomic mass is 16.4. The average Bonchev–Trinajstić information content (AvgIpc) is 2.80. The van der Waals surface area contributed by atoms with Gasteiger partial charge in [-0.1, -0.05) is 30.3 Å². The molecule has 2 N–H and O–H groups in total. The van der Waals surface area contributed by atoms with Crippen molar-refractivity contribution in [2.75, 3.05) is 0 Å². The molecular weight excluding hydrogens is 254 g/mol. The Morgan fingerprint density at radius 3 is 2.85 bits per heavy atom. The number of aryl methyl sites for hydroxylation is 1. The summed E-state index contributed by atoms with van der Waals surface area (Å²) in [4.78, 5) is 13.7. The first-order valence-electron chi connectivity index (χ1n) is 6.49. The maximum Gasteiger partial charge on any atom is 0.417 e. The summed E-state index contributed by atoms with van der Waals surface area (Å²) in [6, 6.07) is 13.2. The Balaban J connectivity index is 1.90. The van der Waals surface area contributed by atoms with E-state index in [-0.39, 0.29) is 0 Å². The van der Waals surface area contributed by atoms with Crippen LogP contribution in [0.3, 0.4) is 0 Å². The summed E-state index contributed by atoms with van der Waals surface area (Å²) >= 11 is 0. The molecule has 0 aliphatic rings. The van der Waals surface area contributed by atoms with Gasteiger partial charge in [0, 0.05) is 6.42 Å². The van der Waals surface area contributed by atoms with Gasteiger partial charge in [0.25, 0.3) is 0 Å². The fraction of sp³-hybridized carbons (Fsp3) is 0.188. The van der Waals surface area contributed by atoms with E-state index < -0.39 is 11.9 Å². The standard InChI is InChI=1S/C16H15NO3/c1-10-4-2-3-5-11(10)8-14(18)12-6-7-13-15(9-12)20-16(19)17-13/h2-7,9,14,18H,8H2,1H3,(H,17,19). The van der Waals surface area contributed by atoms with Crippen LogP contribution in [0.5, 0.6) is 0 Å². The Labute approximate surface area is 115 Å². The highest BCUT2D eigenvalue weighted by Gasteiger charge is 2.12. The van der Waals surface area contributed by atoms with Crippen LogP contribution in [0, 0.1) is 6.92 Å². The van der Waals surface area contributed by atoms with E-state index in [2.05, 4.69) is 4.98 Å². The van der Waals surface area contributed by atoms with Gasteiger partial charge < -0.3 is 9.52 Å². The SMILES string of the molecule is Cc1ccccc1CC(O)c1ccc2[nH]c(=O)oc2c1. The summed E-state index contributed by atoms with van der Waals surface area (Å²) in [6.07, 6.45) is -0.0898. The van der Waals surface area contributed by atoms with E-state index in [1.165, 1.54) is 0 Å². The number of hydrogen-bond acceptors (Lipinski definition) is 3. The van der Waals surface area contributed by atoms with Crippen molar-refractivity contribution in [3.63, 3.8) is 0 Å². The van der Waals surface area contributed by atoms with E-state index in [4.69, 9.17) is 4.42 Å². The molecule has 1 aromatic heterocycles. The molecule has 0 aliphatic heterocycles. The van der Waals surface area contributed by atoms with Gasteiger partial charge in [-0.3, -0.25) is 4.98 Å². The first-order valence-corrected chi connectivity index (χ1v) is 6.49. The average molecular weight is 269 g/mol. The number of aromatic amines is 1. The third kappa shape index (κ3) is 2.38. The van der Waals surface area contributed by atoms with Gasteiger partial charge in [-0.2, -0.15) is 0 Å². The largest absolute Gasteiger partial charge is 0.417 e. The number of oxazole rings is 1. The zero-order chi connectivity index (χ0) is 14.1. The maximum absolute atomic E-state index is 11.1. The predicted octanol–water partition coefficient (Wildman–Crippen LogP) is 2.71. The van der Waals surface area contributed by atoms with Crippen LogP contribution < -0.4 is 5.76 Å². The number of nitrogens with one attached hydrogen (secondary N) is 1. The third-order valence-corrected chi connectivity index (χ3v) is 3.50. The minimum Gasteiger partial charge on any atom is -0.408 e. The number of rotatable bonds is 3. The molecular formula is C16H15NO3. The van der Waals surface area contributed by atoms with Crippen molar-refractivity contribution in [3.05, 3.63) is 69.7 Å². The van der Waals surface area contributed by atoms with Gasteiger partial charge in [0.05, 0.1) is 11.6 Å². The van der Waals surface area contributed by atoms with Crippen molar-refractivity contribution in [2.45, 2.75) is 19.4 Å². The third-order valence-electron chi connectivity index (χ3n) is 3.50. The van der Waals surface area contributed by atoms with Crippen LogP contribution in [0.4, 0.5) is 0 Å². The minimum absolute atomic E-state index is 0.469. The second kappa shape index (κ2) is 4.98. The number of aliphatic hydroxyl groups is 1. The summed E-state index contributed by atoms with van der Waals surface area (Å²) in [5.41, 5.74) is 4.11. The Hall–Kier alpha value is -2.33. The number of benzene rings is 2. The van der Waals surface area contributed by atoms with E-state index in [0.717, 1.165) is 16.7 Å². The lowest BCUT2D eigenvalue weighted by Crippen LogP contribution is -2.03. The number of aromatic nitrogens is 1. The zero-order valence-electron chi connectivity index (χ0n) is 11.1. The van der Waals surface area contributed by atoms with Crippen LogP contribution in [0.1, 0.15) is 22.8 Å². The zero-order valence-corrected chi connectivity index (χ0v) is 11.1. The van der Waals surface area contributed by atoms with Crippen LogP contribution in [0.2, 0.25) is 0 Å². The lowest BCUT2D eigenvalue weighted by atomic mass is 9.98. The number of aliphatic hydroxyl groups excluding tert-OH is 1. The quantitative estimate of drug-likeness (QED) is 0.768. The van der Waals surface area contributed by atoms with Gasteiger partial charge in [-0.05, 0) is 35.7 Å². The molecule has 0 amide bonds. The Morgan fingerprint density at radius 1 is 1.25 bits per heavy atom. The molecule has 3 rings (SSSR count). The van der Waals surface area contributed by atoms with Gasteiger partial charge in [-0.15, -0.1) is 0 Å². The molecule has 0 spiro atoms. The summed E-state index contributed by atoms with van der Waals surface area (Å²) in [5, 5.41) is 10.3. The molecule has 1 heterocycles. The number of fused-ring (bicyclic) bond motifs is 1. The van der Waals surface area contributed by atoms with Crippen LogP contribution >= 0.6 is 0 Å². The first-order chi connectivity index (χ1) is 9.63. The van der Waals surface area contributed by atoms with E-state index in [1.54, 1.807) is 18.2 Å². The Morgan fingerprint density at radius 2 is 2.05 bits per heavy atom. The molecule has 0 radical (unpaired) electrons. The smallest absolute Gasteiger partial charge is 0.408 e. The molecule has 0 bridgehead atoms. The highest BCUT2D eigenvalue weighted by Crippen LogP contribution is 2.23. The molecule has 0 fully saturated rings. The van der Waals surface area contributed by atoms with Crippen molar-refractivity contribution in [2.24, 2.45) is 0 Å². The molecule has 4 nitrogen and oxygen atoms in total. The first kappa shape index (κ1) is 12.7. The topological polar surface area (TPSA) is 66.2 Å². The van der Waals surface area contributed by atoms with Crippen molar-refractivity contribution in [1.29, 1.82) is 0 Å². The Kier molecular flexibility index (Phi) is 3.16. The van der Waals surface area contributed by atoms with Gasteiger partial charge in [0.15, 0.2) is 5.58 Å². The second-order valence-corrected chi connectivity index (χ2v) is 4.92. The Bertz CT molecular complexity index is 801. The molecule has 2 aromatic carbocycles. The summed E-state index contributed by atoms with van der Waals surface area (Å²) < 4.78 is 5.01. The van der Waals surface area contributed by atoms with Gasteiger partial charge >= 0.3 is 5.76 Å². The molecule has 0 aliphatic carbocycles. The summed E-state index contributed by atoms with van der Waals surface area (Å²) in [7, 11) is 0. The minimum atomic E-state index is -0.624. The van der Waals surface area contributed by atoms with E-state index >= 15 is 0 Å². The lowest BCUT2D eigenvalue weighted by molar-refractivity contribution is 0.178. The van der Waals surface area contributed by atoms with Crippen LogP contribution in [-0.4, -0.2) is 10.1 Å². The van der Waals surface area contributed by atoms with E-state index in [0.29, 0.717) is 17.5 Å². The molecule has 0 saturated heterocycles. The van der Waals surface area contributed by atoms with Crippen molar-refractivity contribution < 1.29 is 9.52 Å². The predicted molar refractivity (Wildman–Crippen MR) is 76.7 cm³/mol.